The summed E-state index contributed by atoms with van der Waals surface area (Å²) in [5.41, 5.74) is 6.11. The first-order chi connectivity index (χ1) is 7.39. The highest BCUT2D eigenvalue weighted by Crippen LogP contribution is 2.24. The topological polar surface area (TPSA) is 65.5 Å². The average molecular weight is 225 g/mol. The SMILES string of the molecule is COC(=O)c1cc(CC(C)(C)CN)oc1C. The van der Waals surface area contributed by atoms with Crippen LogP contribution < -0.4 is 5.73 Å². The van der Waals surface area contributed by atoms with Crippen molar-refractivity contribution >= 4 is 5.97 Å². The van der Waals surface area contributed by atoms with Gasteiger partial charge in [0.05, 0.1) is 7.11 Å². The predicted molar refractivity (Wildman–Crippen MR) is 61.3 cm³/mol. The molecule has 0 aliphatic carbocycles. The van der Waals surface area contributed by atoms with Gasteiger partial charge in [0.15, 0.2) is 0 Å². The van der Waals surface area contributed by atoms with Crippen molar-refractivity contribution in [1.29, 1.82) is 0 Å². The number of methoxy groups -OCH3 is 1. The van der Waals surface area contributed by atoms with Crippen LogP contribution in [0.25, 0.3) is 0 Å². The molecule has 0 saturated heterocycles. The molecular formula is C12H19NO3. The molecule has 0 amide bonds. The zero-order valence-corrected chi connectivity index (χ0v) is 10.3. The second-order valence-corrected chi connectivity index (χ2v) is 4.72. The van der Waals surface area contributed by atoms with E-state index in [1.807, 2.05) is 0 Å². The molecule has 1 aromatic rings. The van der Waals surface area contributed by atoms with Crippen molar-refractivity contribution < 1.29 is 13.9 Å². The number of carbonyl (C=O) groups excluding carboxylic acids is 1. The number of furan rings is 1. The van der Waals surface area contributed by atoms with Crippen LogP contribution in [0.15, 0.2) is 10.5 Å². The number of hydrogen-bond acceptors (Lipinski definition) is 4. The molecule has 1 rings (SSSR count). The van der Waals surface area contributed by atoms with Gasteiger partial charge in [0, 0.05) is 6.42 Å². The van der Waals surface area contributed by atoms with E-state index in [9.17, 15) is 4.79 Å². The standard InChI is InChI=1S/C12H19NO3/c1-8-10(11(14)15-4)5-9(16-8)6-12(2,3)7-13/h5H,6-7,13H2,1-4H3. The minimum Gasteiger partial charge on any atom is -0.465 e. The summed E-state index contributed by atoms with van der Waals surface area (Å²) in [7, 11) is 1.36. The molecule has 0 aromatic carbocycles. The molecule has 0 aliphatic rings. The van der Waals surface area contributed by atoms with Crippen LogP contribution in [0.3, 0.4) is 0 Å². The number of hydrogen-bond donors (Lipinski definition) is 1. The molecule has 2 N–H and O–H groups in total. The van der Waals surface area contributed by atoms with Crippen molar-refractivity contribution in [2.24, 2.45) is 11.1 Å². The van der Waals surface area contributed by atoms with Crippen LogP contribution in [0.4, 0.5) is 0 Å². The van der Waals surface area contributed by atoms with E-state index in [0.29, 0.717) is 24.3 Å². The maximum absolute atomic E-state index is 11.4. The highest BCUT2D eigenvalue weighted by Gasteiger charge is 2.21. The Hall–Kier alpha value is -1.29. The van der Waals surface area contributed by atoms with Gasteiger partial charge in [-0.1, -0.05) is 13.8 Å². The zero-order valence-electron chi connectivity index (χ0n) is 10.3. The third kappa shape index (κ3) is 2.85. The van der Waals surface area contributed by atoms with Crippen LogP contribution in [-0.2, 0) is 11.2 Å². The van der Waals surface area contributed by atoms with Crippen molar-refractivity contribution in [3.8, 4) is 0 Å². The van der Waals surface area contributed by atoms with Crippen LogP contribution in [0.5, 0.6) is 0 Å². The van der Waals surface area contributed by atoms with Crippen molar-refractivity contribution in [3.63, 3.8) is 0 Å². The fourth-order valence-electron chi connectivity index (χ4n) is 1.49. The number of carbonyl (C=O) groups is 1. The highest BCUT2D eigenvalue weighted by atomic mass is 16.5. The Morgan fingerprint density at radius 1 is 1.56 bits per heavy atom. The Morgan fingerprint density at radius 3 is 2.69 bits per heavy atom. The number of nitrogens with two attached hydrogens (primary N) is 1. The molecule has 0 unspecified atom stereocenters. The predicted octanol–water partition coefficient (Wildman–Crippen LogP) is 1.90. The molecule has 4 heteroatoms. The lowest BCUT2D eigenvalue weighted by Crippen LogP contribution is -2.25. The van der Waals surface area contributed by atoms with Gasteiger partial charge in [0.1, 0.15) is 17.1 Å². The molecule has 4 nitrogen and oxygen atoms in total. The molecule has 16 heavy (non-hydrogen) atoms. The minimum atomic E-state index is -0.363. The smallest absolute Gasteiger partial charge is 0.341 e. The van der Waals surface area contributed by atoms with Crippen LogP contribution in [-0.4, -0.2) is 19.6 Å². The number of rotatable bonds is 4. The third-order valence-corrected chi connectivity index (χ3v) is 2.58. The average Bonchev–Trinajstić information content (AvgIpc) is 2.57. The van der Waals surface area contributed by atoms with Crippen LogP contribution in [0.1, 0.15) is 35.7 Å². The summed E-state index contributed by atoms with van der Waals surface area (Å²) in [6.45, 7) is 6.44. The summed E-state index contributed by atoms with van der Waals surface area (Å²) >= 11 is 0. The van der Waals surface area contributed by atoms with E-state index in [0.717, 1.165) is 5.76 Å². The van der Waals surface area contributed by atoms with E-state index in [1.165, 1.54) is 7.11 Å². The highest BCUT2D eigenvalue weighted by molar-refractivity contribution is 5.90. The molecule has 0 saturated carbocycles. The first kappa shape index (κ1) is 12.8. The van der Waals surface area contributed by atoms with E-state index in [-0.39, 0.29) is 11.4 Å². The lowest BCUT2D eigenvalue weighted by atomic mass is 9.88. The van der Waals surface area contributed by atoms with Gasteiger partial charge < -0.3 is 14.9 Å². The Kier molecular flexibility index (Phi) is 3.75. The summed E-state index contributed by atoms with van der Waals surface area (Å²) in [5.74, 6) is 1.00. The van der Waals surface area contributed by atoms with Gasteiger partial charge in [0.2, 0.25) is 0 Å². The molecule has 90 valence electrons. The molecule has 0 fully saturated rings. The molecule has 0 spiro atoms. The molecular weight excluding hydrogens is 206 g/mol. The van der Waals surface area contributed by atoms with Crippen molar-refractivity contribution in [2.45, 2.75) is 27.2 Å². The number of esters is 1. The molecule has 1 heterocycles. The van der Waals surface area contributed by atoms with E-state index < -0.39 is 0 Å². The molecule has 0 aliphatic heterocycles. The van der Waals surface area contributed by atoms with Gasteiger partial charge in [-0.15, -0.1) is 0 Å². The van der Waals surface area contributed by atoms with Gasteiger partial charge in [-0.2, -0.15) is 0 Å². The van der Waals surface area contributed by atoms with Crippen molar-refractivity contribution in [2.75, 3.05) is 13.7 Å². The van der Waals surface area contributed by atoms with Gasteiger partial charge in [-0.25, -0.2) is 4.79 Å². The summed E-state index contributed by atoms with van der Waals surface area (Å²) in [4.78, 5) is 11.4. The lowest BCUT2D eigenvalue weighted by Gasteiger charge is -2.20. The summed E-state index contributed by atoms with van der Waals surface area (Å²) in [6.07, 6.45) is 0.710. The van der Waals surface area contributed by atoms with E-state index in [2.05, 4.69) is 18.6 Å². The monoisotopic (exact) mass is 225 g/mol. The lowest BCUT2D eigenvalue weighted by molar-refractivity contribution is 0.0599. The Bertz CT molecular complexity index is 380. The largest absolute Gasteiger partial charge is 0.465 e. The summed E-state index contributed by atoms with van der Waals surface area (Å²) in [5, 5.41) is 0. The summed E-state index contributed by atoms with van der Waals surface area (Å²) in [6, 6.07) is 1.73. The zero-order chi connectivity index (χ0) is 12.3. The first-order valence-electron chi connectivity index (χ1n) is 5.27. The third-order valence-electron chi connectivity index (χ3n) is 2.58. The quantitative estimate of drug-likeness (QED) is 0.795. The molecule has 0 bridgehead atoms. The van der Waals surface area contributed by atoms with Crippen LogP contribution in [0, 0.1) is 12.3 Å². The van der Waals surface area contributed by atoms with E-state index in [1.54, 1.807) is 13.0 Å². The molecule has 0 atom stereocenters. The number of ether oxygens (including phenoxy) is 1. The summed E-state index contributed by atoms with van der Waals surface area (Å²) < 4.78 is 10.2. The van der Waals surface area contributed by atoms with Crippen molar-refractivity contribution in [1.82, 2.24) is 0 Å². The van der Waals surface area contributed by atoms with Crippen LogP contribution in [0.2, 0.25) is 0 Å². The van der Waals surface area contributed by atoms with E-state index in [4.69, 9.17) is 10.2 Å². The molecule has 1 aromatic heterocycles. The van der Waals surface area contributed by atoms with Gasteiger partial charge in [-0.05, 0) is 24.9 Å². The van der Waals surface area contributed by atoms with Gasteiger partial charge in [0.25, 0.3) is 0 Å². The van der Waals surface area contributed by atoms with Gasteiger partial charge >= 0.3 is 5.97 Å². The molecule has 0 radical (unpaired) electrons. The second kappa shape index (κ2) is 4.70. The number of aryl methyl sites for hydroxylation is 1. The van der Waals surface area contributed by atoms with Gasteiger partial charge in [-0.3, -0.25) is 0 Å². The first-order valence-corrected chi connectivity index (χ1v) is 5.27. The van der Waals surface area contributed by atoms with E-state index >= 15 is 0 Å². The Labute approximate surface area is 95.8 Å². The maximum Gasteiger partial charge on any atom is 0.341 e. The maximum atomic E-state index is 11.4. The normalized spacial score (nSPS) is 11.6. The fraction of sp³-hybridized carbons (Fsp3) is 0.583. The Balaban J connectivity index is 2.89. The minimum absolute atomic E-state index is 0.0301. The Morgan fingerprint density at radius 2 is 2.19 bits per heavy atom. The van der Waals surface area contributed by atoms with Crippen molar-refractivity contribution in [3.05, 3.63) is 23.2 Å². The fourth-order valence-corrected chi connectivity index (χ4v) is 1.49. The second-order valence-electron chi connectivity index (χ2n) is 4.72. The van der Waals surface area contributed by atoms with Crippen LogP contribution >= 0.6 is 0 Å².